The molecule has 0 aliphatic carbocycles. The van der Waals surface area contributed by atoms with Gasteiger partial charge in [0.1, 0.15) is 0 Å². The summed E-state index contributed by atoms with van der Waals surface area (Å²) in [7, 11) is -1.01. The largest absolute Gasteiger partial charge is 0.363 e. The Bertz CT molecular complexity index is 674. The smallest absolute Gasteiger partial charge is 0.191 e. The van der Waals surface area contributed by atoms with E-state index in [0.717, 1.165) is 45.0 Å². The van der Waals surface area contributed by atoms with Gasteiger partial charge in [-0.1, -0.05) is 0 Å². The minimum absolute atomic E-state index is 0. The van der Waals surface area contributed by atoms with Crippen LogP contribution in [0.4, 0.5) is 5.00 Å². The van der Waals surface area contributed by atoms with E-state index in [0.29, 0.717) is 19.1 Å². The molecule has 2 aliphatic heterocycles. The molecule has 1 aromatic rings. The number of nitrogens with one attached hydrogen (secondary N) is 2. The maximum absolute atomic E-state index is 11.5. The zero-order valence-electron chi connectivity index (χ0n) is 15.8. The standard InChI is InChI=1S/C17H29N5O2S2.HI/c1-18-17(19-6-9-21-10-13-26(23,24)14-11-21)20-15-4-7-22(8-5-15)16-3-2-12-25-16;/h2-3,12,15H,4-11,13-14H2,1H3,(H2,18,19,20);1H. The lowest BCUT2D eigenvalue weighted by atomic mass is 10.1. The van der Waals surface area contributed by atoms with Crippen molar-refractivity contribution in [1.29, 1.82) is 0 Å². The molecule has 0 atom stereocenters. The maximum atomic E-state index is 11.5. The van der Waals surface area contributed by atoms with Crippen molar-refractivity contribution >= 4 is 56.1 Å². The molecule has 2 fully saturated rings. The monoisotopic (exact) mass is 527 g/mol. The molecule has 2 aliphatic rings. The van der Waals surface area contributed by atoms with Crippen molar-refractivity contribution in [3.8, 4) is 0 Å². The molecular formula is C17H30IN5O2S2. The Hall–Kier alpha value is -0.590. The first-order valence-electron chi connectivity index (χ1n) is 9.24. The summed E-state index contributed by atoms with van der Waals surface area (Å²) in [6, 6.07) is 4.73. The van der Waals surface area contributed by atoms with Gasteiger partial charge in [0, 0.05) is 52.4 Å². The molecule has 0 amide bonds. The van der Waals surface area contributed by atoms with E-state index in [1.165, 1.54) is 5.00 Å². The summed E-state index contributed by atoms with van der Waals surface area (Å²) >= 11 is 1.80. The van der Waals surface area contributed by atoms with Crippen molar-refractivity contribution in [2.24, 2.45) is 4.99 Å². The zero-order chi connectivity index (χ0) is 18.4. The normalized spacial score (nSPS) is 21.5. The third-order valence-electron chi connectivity index (χ3n) is 5.03. The fourth-order valence-electron chi connectivity index (χ4n) is 3.39. The molecular weight excluding hydrogens is 497 g/mol. The van der Waals surface area contributed by atoms with Gasteiger partial charge in [0.25, 0.3) is 0 Å². The number of piperidine rings is 1. The molecule has 2 N–H and O–H groups in total. The molecule has 3 rings (SSSR count). The lowest BCUT2D eigenvalue weighted by Gasteiger charge is -2.33. The number of nitrogens with zero attached hydrogens (tertiary/aromatic N) is 3. The third kappa shape index (κ3) is 7.06. The van der Waals surface area contributed by atoms with Gasteiger partial charge in [0.2, 0.25) is 0 Å². The summed E-state index contributed by atoms with van der Waals surface area (Å²) < 4.78 is 22.9. The Labute approximate surface area is 183 Å². The van der Waals surface area contributed by atoms with E-state index in [1.54, 1.807) is 18.4 Å². The van der Waals surface area contributed by atoms with E-state index >= 15 is 0 Å². The van der Waals surface area contributed by atoms with E-state index in [4.69, 9.17) is 0 Å². The molecule has 0 unspecified atom stereocenters. The van der Waals surface area contributed by atoms with E-state index < -0.39 is 9.84 Å². The van der Waals surface area contributed by atoms with Crippen LogP contribution in [0.2, 0.25) is 0 Å². The Morgan fingerprint density at radius 3 is 2.56 bits per heavy atom. The molecule has 7 nitrogen and oxygen atoms in total. The number of aliphatic imine (C=N–C) groups is 1. The van der Waals surface area contributed by atoms with E-state index in [1.807, 2.05) is 0 Å². The second-order valence-corrected chi connectivity index (χ2v) is 10.1. The van der Waals surface area contributed by atoms with Gasteiger partial charge in [-0.3, -0.25) is 9.89 Å². The minimum Gasteiger partial charge on any atom is -0.363 e. The highest BCUT2D eigenvalue weighted by atomic mass is 127. The van der Waals surface area contributed by atoms with Crippen LogP contribution in [0.15, 0.2) is 22.5 Å². The van der Waals surface area contributed by atoms with Gasteiger partial charge >= 0.3 is 0 Å². The predicted octanol–water partition coefficient (Wildman–Crippen LogP) is 1.23. The second kappa shape index (κ2) is 10.8. The Kier molecular flexibility index (Phi) is 9.09. The summed E-state index contributed by atoms with van der Waals surface area (Å²) in [6.07, 6.45) is 2.20. The fraction of sp³-hybridized carbons (Fsp3) is 0.706. The topological polar surface area (TPSA) is 77.0 Å². The van der Waals surface area contributed by atoms with Crippen LogP contribution in [0.25, 0.3) is 0 Å². The molecule has 0 bridgehead atoms. The van der Waals surface area contributed by atoms with Crippen LogP contribution >= 0.6 is 35.3 Å². The van der Waals surface area contributed by atoms with Crippen LogP contribution in [-0.2, 0) is 9.84 Å². The number of guanidine groups is 1. The molecule has 0 radical (unpaired) electrons. The number of anilines is 1. The lowest BCUT2D eigenvalue weighted by molar-refractivity contribution is 0.299. The third-order valence-corrected chi connectivity index (χ3v) is 7.57. The van der Waals surface area contributed by atoms with Crippen LogP contribution in [0.5, 0.6) is 0 Å². The zero-order valence-corrected chi connectivity index (χ0v) is 19.7. The Balaban J connectivity index is 0.00000261. The summed E-state index contributed by atoms with van der Waals surface area (Å²) in [6.45, 7) is 5.02. The van der Waals surface area contributed by atoms with Crippen molar-refractivity contribution in [2.75, 3.05) is 62.7 Å². The predicted molar refractivity (Wildman–Crippen MR) is 125 cm³/mol. The van der Waals surface area contributed by atoms with Gasteiger partial charge < -0.3 is 15.5 Å². The van der Waals surface area contributed by atoms with Crippen LogP contribution in [0.1, 0.15) is 12.8 Å². The average Bonchev–Trinajstić information content (AvgIpc) is 3.17. The SMILES string of the molecule is CN=C(NCCN1CCS(=O)(=O)CC1)NC1CCN(c2cccs2)CC1.I. The number of sulfone groups is 1. The molecule has 1 aromatic heterocycles. The fourth-order valence-corrected chi connectivity index (χ4v) is 5.45. The van der Waals surface area contributed by atoms with E-state index in [2.05, 4.69) is 42.9 Å². The Morgan fingerprint density at radius 2 is 1.96 bits per heavy atom. The van der Waals surface area contributed by atoms with Gasteiger partial charge in [-0.15, -0.1) is 35.3 Å². The van der Waals surface area contributed by atoms with Crippen molar-refractivity contribution < 1.29 is 8.42 Å². The number of thiophene rings is 1. The molecule has 10 heteroatoms. The lowest BCUT2D eigenvalue weighted by Crippen LogP contribution is -2.50. The summed E-state index contributed by atoms with van der Waals surface area (Å²) in [5, 5.41) is 10.4. The Morgan fingerprint density at radius 1 is 1.26 bits per heavy atom. The summed E-state index contributed by atoms with van der Waals surface area (Å²) in [4.78, 5) is 8.97. The highest BCUT2D eigenvalue weighted by Crippen LogP contribution is 2.24. The van der Waals surface area contributed by atoms with E-state index in [9.17, 15) is 8.42 Å². The first kappa shape index (κ1) is 22.7. The molecule has 3 heterocycles. The molecule has 0 aromatic carbocycles. The molecule has 0 saturated carbocycles. The molecule has 27 heavy (non-hydrogen) atoms. The van der Waals surface area contributed by atoms with Crippen molar-refractivity contribution in [3.63, 3.8) is 0 Å². The number of hydrogen-bond acceptors (Lipinski definition) is 6. The van der Waals surface area contributed by atoms with Crippen molar-refractivity contribution in [2.45, 2.75) is 18.9 Å². The van der Waals surface area contributed by atoms with Gasteiger partial charge in [-0.25, -0.2) is 8.42 Å². The van der Waals surface area contributed by atoms with Crippen molar-refractivity contribution in [1.82, 2.24) is 15.5 Å². The highest BCUT2D eigenvalue weighted by molar-refractivity contribution is 14.0. The van der Waals surface area contributed by atoms with Gasteiger partial charge in [0.15, 0.2) is 15.8 Å². The maximum Gasteiger partial charge on any atom is 0.191 e. The number of halogens is 1. The first-order chi connectivity index (χ1) is 12.6. The van der Waals surface area contributed by atoms with Crippen LogP contribution < -0.4 is 15.5 Å². The minimum atomic E-state index is -2.80. The summed E-state index contributed by atoms with van der Waals surface area (Å²) in [5.41, 5.74) is 0. The van der Waals surface area contributed by atoms with Crippen LogP contribution in [0.3, 0.4) is 0 Å². The number of hydrogen-bond donors (Lipinski definition) is 2. The molecule has 2 saturated heterocycles. The number of rotatable bonds is 5. The van der Waals surface area contributed by atoms with Gasteiger partial charge in [0.05, 0.1) is 16.5 Å². The quantitative estimate of drug-likeness (QED) is 0.341. The van der Waals surface area contributed by atoms with Gasteiger partial charge in [-0.05, 0) is 30.4 Å². The van der Waals surface area contributed by atoms with Crippen LogP contribution in [-0.4, -0.2) is 83.1 Å². The molecule has 154 valence electrons. The van der Waals surface area contributed by atoms with Crippen LogP contribution in [0, 0.1) is 0 Å². The second-order valence-electron chi connectivity index (χ2n) is 6.85. The van der Waals surface area contributed by atoms with Gasteiger partial charge in [-0.2, -0.15) is 0 Å². The average molecular weight is 527 g/mol. The highest BCUT2D eigenvalue weighted by Gasteiger charge is 2.22. The van der Waals surface area contributed by atoms with Crippen molar-refractivity contribution in [3.05, 3.63) is 17.5 Å². The van der Waals surface area contributed by atoms with E-state index in [-0.39, 0.29) is 35.5 Å². The summed E-state index contributed by atoms with van der Waals surface area (Å²) in [5.74, 6) is 1.40. The molecule has 0 spiro atoms. The first-order valence-corrected chi connectivity index (χ1v) is 11.9.